The normalized spacial score (nSPS) is 20.1. The highest BCUT2D eigenvalue weighted by Crippen LogP contribution is 1.97. The van der Waals surface area contributed by atoms with Gasteiger partial charge in [0.2, 0.25) is 0 Å². The molecule has 0 fully saturated rings. The van der Waals surface area contributed by atoms with Gasteiger partial charge in [0.05, 0.1) is 13.2 Å². The molecule has 3 atom stereocenters. The molecule has 0 aliphatic rings. The predicted molar refractivity (Wildman–Crippen MR) is 32.2 cm³/mol. The van der Waals surface area contributed by atoms with Crippen LogP contribution in [0.15, 0.2) is 0 Å². The summed E-state index contributed by atoms with van der Waals surface area (Å²) in [5.74, 6) is 0. The summed E-state index contributed by atoms with van der Waals surface area (Å²) in [4.78, 5) is 0. The van der Waals surface area contributed by atoms with Gasteiger partial charge in [0, 0.05) is 0 Å². The number of hydrogen-bond donors (Lipinski definition) is 5. The number of aliphatic hydroxyl groups is 5. The summed E-state index contributed by atoms with van der Waals surface area (Å²) in [6.07, 6.45) is -4.29. The van der Waals surface area contributed by atoms with Crippen molar-refractivity contribution in [2.75, 3.05) is 13.2 Å². The average Bonchev–Trinajstić information content (AvgIpc) is 2.00. The monoisotopic (exact) mass is 152 g/mol. The number of aliphatic hydroxyl groups excluding tert-OH is 5. The number of rotatable bonds is 4. The van der Waals surface area contributed by atoms with Crippen molar-refractivity contribution in [2.45, 2.75) is 18.3 Å². The van der Waals surface area contributed by atoms with Crippen molar-refractivity contribution in [1.82, 2.24) is 0 Å². The minimum Gasteiger partial charge on any atom is -0.394 e. The summed E-state index contributed by atoms with van der Waals surface area (Å²) in [5.41, 5.74) is 0. The third-order valence-corrected chi connectivity index (χ3v) is 1.16. The van der Waals surface area contributed by atoms with Gasteiger partial charge in [-0.3, -0.25) is 0 Å². The van der Waals surface area contributed by atoms with Crippen LogP contribution in [0.4, 0.5) is 0 Å². The number of hydrogen-bond acceptors (Lipinski definition) is 5. The summed E-state index contributed by atoms with van der Waals surface area (Å²) in [6.45, 7) is -1.28. The molecule has 0 bridgehead atoms. The van der Waals surface area contributed by atoms with Crippen LogP contribution in [0.25, 0.3) is 0 Å². The molecule has 2 unspecified atom stereocenters. The van der Waals surface area contributed by atoms with Gasteiger partial charge in [0.1, 0.15) is 18.3 Å². The Balaban J connectivity index is 3.69. The third kappa shape index (κ3) is 2.59. The highest BCUT2D eigenvalue weighted by molar-refractivity contribution is 4.73. The maximum Gasteiger partial charge on any atom is 0.110 e. The van der Waals surface area contributed by atoms with E-state index >= 15 is 0 Å². The second kappa shape index (κ2) is 4.59. The molecule has 0 saturated heterocycles. The van der Waals surface area contributed by atoms with Crippen LogP contribution in [-0.2, 0) is 0 Å². The molecule has 0 aromatic rings. The van der Waals surface area contributed by atoms with E-state index in [0.717, 1.165) is 0 Å². The Morgan fingerprint density at radius 2 is 1.10 bits per heavy atom. The first kappa shape index (κ1) is 9.80. The summed E-state index contributed by atoms with van der Waals surface area (Å²) < 4.78 is 0. The first-order chi connectivity index (χ1) is 4.63. The van der Waals surface area contributed by atoms with Gasteiger partial charge >= 0.3 is 0 Å². The lowest BCUT2D eigenvalue weighted by Crippen LogP contribution is -2.41. The molecular formula is C5H12O5. The molecule has 10 heavy (non-hydrogen) atoms. The quantitative estimate of drug-likeness (QED) is 0.296. The van der Waals surface area contributed by atoms with E-state index in [1.165, 1.54) is 0 Å². The second-order valence-corrected chi connectivity index (χ2v) is 1.99. The fraction of sp³-hybridized carbons (Fsp3) is 1.00. The van der Waals surface area contributed by atoms with E-state index in [9.17, 15) is 0 Å². The average molecular weight is 152 g/mol. The molecule has 5 heteroatoms. The molecule has 5 N–H and O–H groups in total. The lowest BCUT2D eigenvalue weighted by Gasteiger charge is -2.19. The fourth-order valence-corrected chi connectivity index (χ4v) is 0.472. The van der Waals surface area contributed by atoms with E-state index in [2.05, 4.69) is 0 Å². The molecule has 0 amide bonds. The zero-order chi connectivity index (χ0) is 8.15. The zero-order valence-corrected chi connectivity index (χ0v) is 5.38. The summed E-state index contributed by atoms with van der Waals surface area (Å²) >= 11 is 0. The topological polar surface area (TPSA) is 101 Å². The molecule has 0 aliphatic carbocycles. The molecule has 0 spiro atoms. The first-order valence-electron chi connectivity index (χ1n) is 2.89. The molecule has 0 radical (unpaired) electrons. The van der Waals surface area contributed by atoms with Gasteiger partial charge in [0.25, 0.3) is 0 Å². The van der Waals surface area contributed by atoms with Gasteiger partial charge in [-0.05, 0) is 0 Å². The Labute approximate surface area is 58.2 Å². The van der Waals surface area contributed by atoms with Gasteiger partial charge in [-0.25, -0.2) is 0 Å². The van der Waals surface area contributed by atoms with Crippen LogP contribution in [-0.4, -0.2) is 57.1 Å². The molecule has 62 valence electrons. The standard InChI is InChI=1S/C5H12O5/c6-1-3(8)5(10)4(9)2-7/h3-10H,1-2H2/t3-,4?,5?/m0/s1. The first-order valence-corrected chi connectivity index (χ1v) is 2.89. The van der Waals surface area contributed by atoms with Crippen molar-refractivity contribution in [3.63, 3.8) is 0 Å². The van der Waals surface area contributed by atoms with Crippen LogP contribution >= 0.6 is 0 Å². The molecule has 0 aromatic carbocycles. The Hall–Kier alpha value is -0.200. The molecule has 0 aromatic heterocycles. The van der Waals surface area contributed by atoms with Crippen molar-refractivity contribution < 1.29 is 25.5 Å². The molecule has 5 nitrogen and oxygen atoms in total. The van der Waals surface area contributed by atoms with E-state index in [1.807, 2.05) is 0 Å². The Morgan fingerprint density at radius 1 is 0.800 bits per heavy atom. The highest BCUT2D eigenvalue weighted by atomic mass is 16.4. The smallest absolute Gasteiger partial charge is 0.110 e. The lowest BCUT2D eigenvalue weighted by molar-refractivity contribution is -0.0900. The van der Waals surface area contributed by atoms with Crippen LogP contribution < -0.4 is 0 Å². The molecule has 0 rings (SSSR count). The van der Waals surface area contributed by atoms with Crippen LogP contribution in [0.5, 0.6) is 0 Å². The minimum atomic E-state index is -1.49. The molecule has 0 saturated carbocycles. The Kier molecular flexibility index (Phi) is 4.50. The summed E-state index contributed by atoms with van der Waals surface area (Å²) in [7, 11) is 0. The summed E-state index contributed by atoms with van der Waals surface area (Å²) in [5, 5.41) is 42.6. The molecule has 0 heterocycles. The van der Waals surface area contributed by atoms with Crippen molar-refractivity contribution in [3.05, 3.63) is 0 Å². The van der Waals surface area contributed by atoms with Gasteiger partial charge < -0.3 is 25.5 Å². The van der Waals surface area contributed by atoms with E-state index in [0.29, 0.717) is 0 Å². The largest absolute Gasteiger partial charge is 0.394 e. The lowest BCUT2D eigenvalue weighted by atomic mass is 10.1. The van der Waals surface area contributed by atoms with E-state index in [4.69, 9.17) is 25.5 Å². The third-order valence-electron chi connectivity index (χ3n) is 1.16. The Bertz CT molecular complexity index is 76.1. The van der Waals surface area contributed by atoms with Crippen LogP contribution in [0.3, 0.4) is 0 Å². The van der Waals surface area contributed by atoms with Crippen molar-refractivity contribution in [1.29, 1.82) is 0 Å². The highest BCUT2D eigenvalue weighted by Gasteiger charge is 2.22. The van der Waals surface area contributed by atoms with Gasteiger partial charge in [-0.2, -0.15) is 0 Å². The van der Waals surface area contributed by atoms with Gasteiger partial charge in [-0.15, -0.1) is 0 Å². The van der Waals surface area contributed by atoms with E-state index < -0.39 is 31.5 Å². The van der Waals surface area contributed by atoms with Crippen LogP contribution in [0, 0.1) is 0 Å². The van der Waals surface area contributed by atoms with Crippen molar-refractivity contribution in [2.24, 2.45) is 0 Å². The molecule has 0 aliphatic heterocycles. The fourth-order valence-electron chi connectivity index (χ4n) is 0.472. The molecular weight excluding hydrogens is 140 g/mol. The maximum absolute atomic E-state index is 8.77. The van der Waals surface area contributed by atoms with E-state index in [1.54, 1.807) is 0 Å². The van der Waals surface area contributed by atoms with Gasteiger partial charge in [-0.1, -0.05) is 0 Å². The maximum atomic E-state index is 8.77. The minimum absolute atomic E-state index is 0.641. The predicted octanol–water partition coefficient (Wildman–Crippen LogP) is -2.95. The second-order valence-electron chi connectivity index (χ2n) is 1.99. The van der Waals surface area contributed by atoms with Gasteiger partial charge in [0.15, 0.2) is 0 Å². The van der Waals surface area contributed by atoms with E-state index in [-0.39, 0.29) is 0 Å². The van der Waals surface area contributed by atoms with Crippen LogP contribution in [0.2, 0.25) is 0 Å². The van der Waals surface area contributed by atoms with Crippen molar-refractivity contribution >= 4 is 0 Å². The zero-order valence-electron chi connectivity index (χ0n) is 5.38. The Morgan fingerprint density at radius 3 is 1.30 bits per heavy atom. The van der Waals surface area contributed by atoms with Crippen molar-refractivity contribution in [3.8, 4) is 0 Å². The summed E-state index contributed by atoms with van der Waals surface area (Å²) in [6, 6.07) is 0. The van der Waals surface area contributed by atoms with Crippen LogP contribution in [0.1, 0.15) is 0 Å². The SMILES string of the molecule is OCC(O)C(O)[C@@H](O)CO.